The first-order valence-corrected chi connectivity index (χ1v) is 7.93. The molecule has 0 aliphatic heterocycles. The molecule has 24 heavy (non-hydrogen) atoms. The summed E-state index contributed by atoms with van der Waals surface area (Å²) in [5, 5.41) is 2.88. The topological polar surface area (TPSA) is 99.9 Å². The average molecular weight is 338 g/mol. The molecule has 0 aromatic heterocycles. The van der Waals surface area contributed by atoms with Crippen LogP contribution in [0.15, 0.2) is 24.3 Å². The number of nitrogens with one attached hydrogen (secondary N) is 1. The molecule has 3 N–H and O–H groups in total. The molecule has 0 saturated heterocycles. The van der Waals surface area contributed by atoms with Crippen LogP contribution in [0.5, 0.6) is 5.75 Å². The van der Waals surface area contributed by atoms with E-state index in [4.69, 9.17) is 15.2 Å². The molecule has 0 aliphatic rings. The molecule has 2 amide bonds. The van der Waals surface area contributed by atoms with Gasteiger partial charge in [0.2, 0.25) is 5.91 Å². The monoisotopic (exact) mass is 338 g/mol. The summed E-state index contributed by atoms with van der Waals surface area (Å²) in [4.78, 5) is 22.2. The lowest BCUT2D eigenvalue weighted by Gasteiger charge is -2.12. The van der Waals surface area contributed by atoms with E-state index in [-0.39, 0.29) is 18.6 Å². The zero-order valence-electron chi connectivity index (χ0n) is 14.2. The summed E-state index contributed by atoms with van der Waals surface area (Å²) in [6, 6.07) is 7.59. The molecule has 0 bridgehead atoms. The molecule has 7 nitrogen and oxygen atoms in total. The van der Waals surface area contributed by atoms with Gasteiger partial charge in [-0.15, -0.1) is 0 Å². The van der Waals surface area contributed by atoms with E-state index in [2.05, 4.69) is 10.1 Å². The SMILES string of the molecule is COC[C@H](C)NC(=O)CCc1ccc(OCCCOC(N)=O)cc1. The number of carbonyl (C=O) groups is 2. The molecule has 0 spiro atoms. The van der Waals surface area contributed by atoms with Crippen LogP contribution in [-0.4, -0.2) is 45.0 Å². The normalized spacial score (nSPS) is 11.6. The lowest BCUT2D eigenvalue weighted by Crippen LogP contribution is -2.35. The Morgan fingerprint density at radius 3 is 2.54 bits per heavy atom. The molecule has 0 unspecified atom stereocenters. The van der Waals surface area contributed by atoms with Gasteiger partial charge in [-0.25, -0.2) is 4.79 Å². The van der Waals surface area contributed by atoms with Gasteiger partial charge >= 0.3 is 6.09 Å². The highest BCUT2D eigenvalue weighted by Crippen LogP contribution is 2.13. The molecule has 1 aromatic rings. The van der Waals surface area contributed by atoms with Crippen molar-refractivity contribution >= 4 is 12.0 Å². The molecule has 1 rings (SSSR count). The van der Waals surface area contributed by atoms with Crippen molar-refractivity contribution in [3.05, 3.63) is 29.8 Å². The second-order valence-electron chi connectivity index (χ2n) is 5.44. The number of hydrogen-bond donors (Lipinski definition) is 2. The van der Waals surface area contributed by atoms with Gasteiger partial charge < -0.3 is 25.3 Å². The molecular formula is C17H26N2O5. The standard InChI is InChI=1S/C17H26N2O5/c1-13(12-22-2)19-16(20)9-6-14-4-7-15(8-5-14)23-10-3-11-24-17(18)21/h4-5,7-8,13H,3,6,9-12H2,1-2H3,(H2,18,21)(H,19,20)/t13-/m0/s1. The van der Waals surface area contributed by atoms with Crippen molar-refractivity contribution in [1.29, 1.82) is 0 Å². The number of primary amides is 1. The molecule has 7 heteroatoms. The van der Waals surface area contributed by atoms with Gasteiger partial charge in [0, 0.05) is 26.0 Å². The van der Waals surface area contributed by atoms with Crippen molar-refractivity contribution < 1.29 is 23.8 Å². The summed E-state index contributed by atoms with van der Waals surface area (Å²) in [6.07, 6.45) is 0.890. The first-order valence-electron chi connectivity index (χ1n) is 7.93. The van der Waals surface area contributed by atoms with Gasteiger partial charge in [0.15, 0.2) is 0 Å². The molecule has 134 valence electrons. The van der Waals surface area contributed by atoms with Crippen molar-refractivity contribution in [2.24, 2.45) is 5.73 Å². The van der Waals surface area contributed by atoms with Crippen molar-refractivity contribution in [2.45, 2.75) is 32.2 Å². The number of amides is 2. The summed E-state index contributed by atoms with van der Waals surface area (Å²) in [6.45, 7) is 3.08. The molecule has 1 atom stereocenters. The largest absolute Gasteiger partial charge is 0.493 e. The average Bonchev–Trinajstić information content (AvgIpc) is 2.53. The van der Waals surface area contributed by atoms with Crippen LogP contribution < -0.4 is 15.8 Å². The van der Waals surface area contributed by atoms with Gasteiger partial charge in [0.1, 0.15) is 5.75 Å². The molecule has 1 aromatic carbocycles. The smallest absolute Gasteiger partial charge is 0.404 e. The lowest BCUT2D eigenvalue weighted by atomic mass is 10.1. The maximum Gasteiger partial charge on any atom is 0.404 e. The molecule has 0 fully saturated rings. The van der Waals surface area contributed by atoms with E-state index in [0.717, 1.165) is 11.3 Å². The van der Waals surface area contributed by atoms with Gasteiger partial charge in [-0.2, -0.15) is 0 Å². The first-order chi connectivity index (χ1) is 11.5. The van der Waals surface area contributed by atoms with Crippen LogP contribution in [0, 0.1) is 0 Å². The number of benzene rings is 1. The molecule has 0 radical (unpaired) electrons. The quantitative estimate of drug-likeness (QED) is 0.597. The highest BCUT2D eigenvalue weighted by molar-refractivity contribution is 5.76. The van der Waals surface area contributed by atoms with Gasteiger partial charge in [-0.05, 0) is 31.0 Å². The van der Waals surface area contributed by atoms with E-state index in [0.29, 0.717) is 32.5 Å². The van der Waals surface area contributed by atoms with Gasteiger partial charge in [-0.1, -0.05) is 12.1 Å². The predicted molar refractivity (Wildman–Crippen MR) is 89.9 cm³/mol. The van der Waals surface area contributed by atoms with Crippen LogP contribution in [0.2, 0.25) is 0 Å². The van der Waals surface area contributed by atoms with Gasteiger partial charge in [-0.3, -0.25) is 4.79 Å². The summed E-state index contributed by atoms with van der Waals surface area (Å²) < 4.78 is 15.1. The van der Waals surface area contributed by atoms with E-state index < -0.39 is 6.09 Å². The van der Waals surface area contributed by atoms with E-state index in [1.54, 1.807) is 7.11 Å². The highest BCUT2D eigenvalue weighted by atomic mass is 16.5. The summed E-state index contributed by atoms with van der Waals surface area (Å²) in [7, 11) is 1.61. The highest BCUT2D eigenvalue weighted by Gasteiger charge is 2.07. The van der Waals surface area contributed by atoms with E-state index >= 15 is 0 Å². The minimum absolute atomic E-state index is 0.00864. The fourth-order valence-electron chi connectivity index (χ4n) is 2.07. The number of ether oxygens (including phenoxy) is 3. The number of rotatable bonds is 11. The fraction of sp³-hybridized carbons (Fsp3) is 0.529. The summed E-state index contributed by atoms with van der Waals surface area (Å²) in [5.41, 5.74) is 5.92. The number of methoxy groups -OCH3 is 1. The van der Waals surface area contributed by atoms with Crippen LogP contribution in [0.4, 0.5) is 4.79 Å². The Morgan fingerprint density at radius 1 is 1.21 bits per heavy atom. The molecule has 0 aliphatic carbocycles. The molecule has 0 heterocycles. The van der Waals surface area contributed by atoms with Crippen LogP contribution >= 0.6 is 0 Å². The zero-order valence-corrected chi connectivity index (χ0v) is 14.2. The fourth-order valence-corrected chi connectivity index (χ4v) is 2.07. The maximum absolute atomic E-state index is 11.8. The minimum atomic E-state index is -0.778. The van der Waals surface area contributed by atoms with Crippen LogP contribution in [0.3, 0.4) is 0 Å². The number of carbonyl (C=O) groups excluding carboxylic acids is 2. The van der Waals surface area contributed by atoms with Crippen molar-refractivity contribution in [3.63, 3.8) is 0 Å². The second-order valence-corrected chi connectivity index (χ2v) is 5.44. The van der Waals surface area contributed by atoms with Crippen LogP contribution in [0.25, 0.3) is 0 Å². The minimum Gasteiger partial charge on any atom is -0.493 e. The van der Waals surface area contributed by atoms with Gasteiger partial charge in [0.25, 0.3) is 0 Å². The number of aryl methyl sites for hydroxylation is 1. The second kappa shape index (κ2) is 11.3. The third kappa shape index (κ3) is 8.99. The lowest BCUT2D eigenvalue weighted by molar-refractivity contribution is -0.122. The molecule has 0 saturated carbocycles. The van der Waals surface area contributed by atoms with Crippen LogP contribution in [0.1, 0.15) is 25.3 Å². The van der Waals surface area contributed by atoms with Crippen molar-refractivity contribution in [1.82, 2.24) is 5.32 Å². The maximum atomic E-state index is 11.8. The van der Waals surface area contributed by atoms with E-state index in [9.17, 15) is 9.59 Å². The third-order valence-electron chi connectivity index (χ3n) is 3.19. The van der Waals surface area contributed by atoms with Crippen molar-refractivity contribution in [3.8, 4) is 5.75 Å². The summed E-state index contributed by atoms with van der Waals surface area (Å²) in [5.74, 6) is 0.741. The first kappa shape index (κ1) is 19.8. The van der Waals surface area contributed by atoms with E-state index in [1.165, 1.54) is 0 Å². The molecular weight excluding hydrogens is 312 g/mol. The Morgan fingerprint density at radius 2 is 1.92 bits per heavy atom. The number of nitrogens with two attached hydrogens (primary N) is 1. The van der Waals surface area contributed by atoms with E-state index in [1.807, 2.05) is 31.2 Å². The Balaban J connectivity index is 2.24. The van der Waals surface area contributed by atoms with Crippen LogP contribution in [-0.2, 0) is 20.7 Å². The van der Waals surface area contributed by atoms with Gasteiger partial charge in [0.05, 0.1) is 19.8 Å². The number of hydrogen-bond acceptors (Lipinski definition) is 5. The Bertz CT molecular complexity index is 504. The Kier molecular flexibility index (Phi) is 9.29. The Hall–Kier alpha value is -2.28. The zero-order chi connectivity index (χ0) is 17.8. The third-order valence-corrected chi connectivity index (χ3v) is 3.19. The predicted octanol–water partition coefficient (Wildman–Crippen LogP) is 1.63. The summed E-state index contributed by atoms with van der Waals surface area (Å²) >= 11 is 0. The van der Waals surface area contributed by atoms with Crippen molar-refractivity contribution in [2.75, 3.05) is 26.9 Å². The Labute approximate surface area is 142 Å².